The molecule has 1 aromatic rings. The number of likely N-dealkylation sites (tertiary alicyclic amines) is 1. The van der Waals surface area contributed by atoms with E-state index in [-0.39, 0.29) is 5.91 Å². The van der Waals surface area contributed by atoms with Crippen molar-refractivity contribution in [3.63, 3.8) is 0 Å². The van der Waals surface area contributed by atoms with Crippen LogP contribution in [-0.2, 0) is 16.1 Å². The summed E-state index contributed by atoms with van der Waals surface area (Å²) in [7, 11) is 0. The van der Waals surface area contributed by atoms with E-state index < -0.39 is 5.60 Å². The molecule has 0 aromatic heterocycles. The van der Waals surface area contributed by atoms with Crippen LogP contribution in [-0.4, -0.2) is 29.6 Å². The molecule has 3 aliphatic rings. The summed E-state index contributed by atoms with van der Waals surface area (Å²) in [4.78, 5) is 14.8. The number of hydrogen-bond acceptors (Lipinski definition) is 2. The Morgan fingerprint density at radius 2 is 2.10 bits per heavy atom. The highest BCUT2D eigenvalue weighted by atomic mass is 16.5. The zero-order chi connectivity index (χ0) is 13.6. The lowest BCUT2D eigenvalue weighted by Crippen LogP contribution is -2.66. The Bertz CT molecular complexity index is 547. The van der Waals surface area contributed by atoms with Crippen LogP contribution in [0.25, 0.3) is 0 Å². The van der Waals surface area contributed by atoms with Gasteiger partial charge in [0.1, 0.15) is 0 Å². The van der Waals surface area contributed by atoms with Gasteiger partial charge in [-0.2, -0.15) is 0 Å². The lowest BCUT2D eigenvalue weighted by atomic mass is 9.71. The Morgan fingerprint density at radius 1 is 1.30 bits per heavy atom. The second kappa shape index (κ2) is 4.45. The van der Waals surface area contributed by atoms with E-state index in [1.54, 1.807) is 0 Å². The molecule has 1 aliphatic carbocycles. The van der Waals surface area contributed by atoms with Crippen LogP contribution in [0.15, 0.2) is 42.5 Å². The molecule has 2 fully saturated rings. The van der Waals surface area contributed by atoms with Crippen molar-refractivity contribution in [3.8, 4) is 0 Å². The summed E-state index contributed by atoms with van der Waals surface area (Å²) in [6.45, 7) is 2.28. The molecule has 1 spiro atoms. The maximum Gasteiger partial charge on any atom is 0.255 e. The largest absolute Gasteiger partial charge is 0.364 e. The van der Waals surface area contributed by atoms with Gasteiger partial charge in [-0.05, 0) is 17.9 Å². The Kier molecular flexibility index (Phi) is 2.71. The molecule has 0 bridgehead atoms. The molecule has 1 amide bonds. The normalized spacial score (nSPS) is 35.2. The van der Waals surface area contributed by atoms with E-state index >= 15 is 0 Å². The van der Waals surface area contributed by atoms with Gasteiger partial charge in [0.25, 0.3) is 5.91 Å². The average molecular weight is 269 g/mol. The molecular formula is C17H19NO2. The zero-order valence-electron chi connectivity index (χ0n) is 11.5. The van der Waals surface area contributed by atoms with Crippen molar-refractivity contribution in [1.29, 1.82) is 0 Å². The molecule has 1 aromatic carbocycles. The first-order chi connectivity index (χ1) is 9.79. The van der Waals surface area contributed by atoms with Crippen LogP contribution >= 0.6 is 0 Å². The van der Waals surface area contributed by atoms with E-state index in [1.165, 1.54) is 5.56 Å². The van der Waals surface area contributed by atoms with E-state index in [4.69, 9.17) is 4.74 Å². The topological polar surface area (TPSA) is 29.5 Å². The third kappa shape index (κ3) is 1.66. The standard InChI is InChI=1S/C17H19NO2/c19-16-17(9-10-20-17)15-8-4-7-14(15)12-18(16)11-13-5-2-1-3-6-13/h1-6,8,14-15H,7,9-12H2/t14-,15-,17-/m1/s1. The molecule has 20 heavy (non-hydrogen) atoms. The number of ether oxygens (including phenoxy) is 1. The zero-order valence-corrected chi connectivity index (χ0v) is 11.5. The predicted molar refractivity (Wildman–Crippen MR) is 75.9 cm³/mol. The molecule has 0 radical (unpaired) electrons. The van der Waals surface area contributed by atoms with E-state index in [0.29, 0.717) is 18.4 Å². The molecule has 0 unspecified atom stereocenters. The molecule has 3 nitrogen and oxygen atoms in total. The van der Waals surface area contributed by atoms with Gasteiger partial charge in [0, 0.05) is 25.4 Å². The predicted octanol–water partition coefficient (Wildman–Crippen LogP) is 2.38. The molecule has 3 atom stereocenters. The quantitative estimate of drug-likeness (QED) is 0.771. The third-order valence-corrected chi connectivity index (χ3v) is 4.98. The van der Waals surface area contributed by atoms with Crippen LogP contribution in [0.2, 0.25) is 0 Å². The number of nitrogens with zero attached hydrogens (tertiary/aromatic N) is 1. The van der Waals surface area contributed by atoms with Gasteiger partial charge in [-0.1, -0.05) is 42.5 Å². The van der Waals surface area contributed by atoms with Gasteiger partial charge in [0.2, 0.25) is 0 Å². The monoisotopic (exact) mass is 269 g/mol. The Hall–Kier alpha value is -1.61. The summed E-state index contributed by atoms with van der Waals surface area (Å²) < 4.78 is 5.81. The summed E-state index contributed by atoms with van der Waals surface area (Å²) >= 11 is 0. The summed E-state index contributed by atoms with van der Waals surface area (Å²) in [5.41, 5.74) is 0.657. The smallest absolute Gasteiger partial charge is 0.255 e. The number of allylic oxidation sites excluding steroid dienone is 1. The van der Waals surface area contributed by atoms with E-state index in [9.17, 15) is 4.79 Å². The van der Waals surface area contributed by atoms with Crippen molar-refractivity contribution < 1.29 is 9.53 Å². The average Bonchev–Trinajstić information content (AvgIpc) is 2.87. The van der Waals surface area contributed by atoms with Crippen LogP contribution in [0.3, 0.4) is 0 Å². The third-order valence-electron chi connectivity index (χ3n) is 4.98. The van der Waals surface area contributed by atoms with Crippen LogP contribution < -0.4 is 0 Å². The van der Waals surface area contributed by atoms with Gasteiger partial charge in [0.15, 0.2) is 5.60 Å². The van der Waals surface area contributed by atoms with Gasteiger partial charge in [0.05, 0.1) is 6.61 Å². The first-order valence-electron chi connectivity index (χ1n) is 7.43. The van der Waals surface area contributed by atoms with Crippen LogP contribution in [0.1, 0.15) is 18.4 Å². The lowest BCUT2D eigenvalue weighted by molar-refractivity contribution is -0.214. The second-order valence-corrected chi connectivity index (χ2v) is 6.11. The van der Waals surface area contributed by atoms with Crippen molar-refractivity contribution in [3.05, 3.63) is 48.0 Å². The highest BCUT2D eigenvalue weighted by Crippen LogP contribution is 2.48. The van der Waals surface area contributed by atoms with Gasteiger partial charge in [-0.3, -0.25) is 4.79 Å². The maximum absolute atomic E-state index is 12.8. The Balaban J connectivity index is 1.60. The number of hydrogen-bond donors (Lipinski definition) is 0. The van der Waals surface area contributed by atoms with E-state index in [1.807, 2.05) is 23.1 Å². The van der Waals surface area contributed by atoms with Gasteiger partial charge in [-0.15, -0.1) is 0 Å². The van der Waals surface area contributed by atoms with Gasteiger partial charge < -0.3 is 9.64 Å². The molecule has 0 N–H and O–H groups in total. The summed E-state index contributed by atoms with van der Waals surface area (Å²) in [6, 6.07) is 10.2. The van der Waals surface area contributed by atoms with Crippen molar-refractivity contribution in [2.24, 2.45) is 11.8 Å². The molecule has 2 saturated heterocycles. The summed E-state index contributed by atoms with van der Waals surface area (Å²) in [5.74, 6) is 1.04. The fourth-order valence-electron chi connectivity index (χ4n) is 3.90. The number of carbonyl (C=O) groups is 1. The molecule has 104 valence electrons. The van der Waals surface area contributed by atoms with Crippen LogP contribution in [0, 0.1) is 11.8 Å². The van der Waals surface area contributed by atoms with Crippen LogP contribution in [0.4, 0.5) is 0 Å². The van der Waals surface area contributed by atoms with Crippen molar-refractivity contribution in [2.45, 2.75) is 25.0 Å². The molecule has 2 aliphatic heterocycles. The van der Waals surface area contributed by atoms with Crippen molar-refractivity contribution in [1.82, 2.24) is 4.90 Å². The molecule has 4 rings (SSSR count). The number of fused-ring (bicyclic) bond motifs is 2. The summed E-state index contributed by atoms with van der Waals surface area (Å²) in [5, 5.41) is 0. The highest BCUT2D eigenvalue weighted by Gasteiger charge is 2.58. The van der Waals surface area contributed by atoms with E-state index in [0.717, 1.165) is 26.0 Å². The second-order valence-electron chi connectivity index (χ2n) is 6.11. The maximum atomic E-state index is 12.8. The number of rotatable bonds is 2. The first kappa shape index (κ1) is 12.2. The number of amides is 1. The lowest BCUT2D eigenvalue weighted by Gasteiger charge is -2.52. The molecule has 2 heterocycles. The minimum atomic E-state index is -0.537. The minimum absolute atomic E-state index is 0.195. The molecule has 0 saturated carbocycles. The fraction of sp³-hybridized carbons (Fsp3) is 0.471. The first-order valence-corrected chi connectivity index (χ1v) is 7.43. The highest BCUT2D eigenvalue weighted by molar-refractivity contribution is 5.88. The Morgan fingerprint density at radius 3 is 2.80 bits per heavy atom. The van der Waals surface area contributed by atoms with Crippen LogP contribution in [0.5, 0.6) is 0 Å². The summed E-state index contributed by atoms with van der Waals surface area (Å²) in [6.07, 6.45) is 6.39. The van der Waals surface area contributed by atoms with Gasteiger partial charge >= 0.3 is 0 Å². The van der Waals surface area contributed by atoms with E-state index in [2.05, 4.69) is 24.3 Å². The van der Waals surface area contributed by atoms with Crippen molar-refractivity contribution in [2.75, 3.05) is 13.2 Å². The minimum Gasteiger partial charge on any atom is -0.364 e. The van der Waals surface area contributed by atoms with Crippen molar-refractivity contribution >= 4 is 5.91 Å². The SMILES string of the molecule is O=C1N(Cc2ccccc2)C[C@H]2CC=C[C@H]2[C@]12CCO2. The molecular weight excluding hydrogens is 250 g/mol. The molecule has 3 heteroatoms. The Labute approximate surface area is 119 Å². The number of carbonyl (C=O) groups excluding carboxylic acids is 1. The fourth-order valence-corrected chi connectivity index (χ4v) is 3.90. The number of piperidine rings is 1. The number of benzene rings is 1. The van der Waals surface area contributed by atoms with Gasteiger partial charge in [-0.25, -0.2) is 0 Å².